The first kappa shape index (κ1) is 34.6. The molecule has 12 heteroatoms. The molecule has 0 saturated heterocycles. The van der Waals surface area contributed by atoms with Gasteiger partial charge in [0.15, 0.2) is 11.5 Å². The number of rotatable bonds is 14. The molecule has 0 fully saturated rings. The number of fused-ring (bicyclic) bond motifs is 3. The van der Waals surface area contributed by atoms with E-state index < -0.39 is 30.0 Å². The minimum Gasteiger partial charge on any atom is -0.493 e. The van der Waals surface area contributed by atoms with Gasteiger partial charge in [-0.3, -0.25) is 14.4 Å². The first-order valence-electron chi connectivity index (χ1n) is 14.6. The number of thioether (sulfide) groups is 1. The second kappa shape index (κ2) is 15.7. The SMILES string of the molecule is CCC(C)C(Nc1ccc2c(cc1=O)C(NC(C)=O)CCc1cc(OC)c(OC)c(OC)c1-2)C(=O)NC(CCSC)C(=O)O. The molecule has 0 saturated carbocycles. The Hall–Kier alpha value is -3.93. The van der Waals surface area contributed by atoms with Crippen molar-refractivity contribution in [3.63, 3.8) is 0 Å². The van der Waals surface area contributed by atoms with Crippen LogP contribution in [0, 0.1) is 5.92 Å². The number of hydrogen-bond acceptors (Lipinski definition) is 9. The van der Waals surface area contributed by atoms with Crippen LogP contribution in [-0.4, -0.2) is 68.3 Å². The minimum absolute atomic E-state index is 0.164. The van der Waals surface area contributed by atoms with Gasteiger partial charge in [-0.2, -0.15) is 11.8 Å². The van der Waals surface area contributed by atoms with Crippen molar-refractivity contribution in [1.82, 2.24) is 10.6 Å². The van der Waals surface area contributed by atoms with Crippen molar-refractivity contribution in [3.05, 3.63) is 45.6 Å². The molecule has 240 valence electrons. The van der Waals surface area contributed by atoms with Crippen LogP contribution in [0.2, 0.25) is 0 Å². The van der Waals surface area contributed by atoms with E-state index in [2.05, 4.69) is 16.0 Å². The van der Waals surface area contributed by atoms with E-state index in [-0.39, 0.29) is 29.4 Å². The Bertz CT molecular complexity index is 1430. The van der Waals surface area contributed by atoms with Gasteiger partial charge in [0.2, 0.25) is 23.0 Å². The Morgan fingerprint density at radius 2 is 1.80 bits per heavy atom. The lowest BCUT2D eigenvalue weighted by Crippen LogP contribution is -2.50. The van der Waals surface area contributed by atoms with Crippen LogP contribution in [0.1, 0.15) is 57.2 Å². The Morgan fingerprint density at radius 1 is 1.09 bits per heavy atom. The van der Waals surface area contributed by atoms with Crippen LogP contribution >= 0.6 is 11.8 Å². The van der Waals surface area contributed by atoms with E-state index in [0.717, 1.165) is 5.56 Å². The molecule has 3 rings (SSSR count). The average molecular weight is 630 g/mol. The quantitative estimate of drug-likeness (QED) is 0.241. The zero-order chi connectivity index (χ0) is 32.6. The molecular weight excluding hydrogens is 586 g/mol. The Kier molecular flexibility index (Phi) is 12.3. The van der Waals surface area contributed by atoms with Crippen LogP contribution in [0.4, 0.5) is 5.69 Å². The largest absolute Gasteiger partial charge is 0.493 e. The fourth-order valence-corrected chi connectivity index (χ4v) is 5.92. The van der Waals surface area contributed by atoms with Crippen molar-refractivity contribution in [3.8, 4) is 28.4 Å². The van der Waals surface area contributed by atoms with E-state index in [0.29, 0.717) is 59.0 Å². The number of aliphatic carboxylic acids is 1. The number of nitrogens with one attached hydrogen (secondary N) is 3. The maximum absolute atomic E-state index is 13.8. The molecule has 0 spiro atoms. The topological polar surface area (TPSA) is 152 Å². The molecule has 44 heavy (non-hydrogen) atoms. The van der Waals surface area contributed by atoms with Crippen molar-refractivity contribution in [2.75, 3.05) is 38.7 Å². The number of hydrogen-bond donors (Lipinski definition) is 4. The first-order valence-corrected chi connectivity index (χ1v) is 16.0. The van der Waals surface area contributed by atoms with Gasteiger partial charge in [0.1, 0.15) is 12.1 Å². The third-order valence-electron chi connectivity index (χ3n) is 7.95. The van der Waals surface area contributed by atoms with Gasteiger partial charge >= 0.3 is 5.97 Å². The van der Waals surface area contributed by atoms with E-state index in [1.54, 1.807) is 19.2 Å². The van der Waals surface area contributed by atoms with Crippen LogP contribution in [0.25, 0.3) is 11.1 Å². The fourth-order valence-electron chi connectivity index (χ4n) is 5.45. The molecule has 1 aliphatic carbocycles. The number of methoxy groups -OCH3 is 3. The van der Waals surface area contributed by atoms with Crippen LogP contribution in [0.15, 0.2) is 29.1 Å². The summed E-state index contributed by atoms with van der Waals surface area (Å²) in [5.41, 5.74) is 2.63. The number of carbonyl (C=O) groups excluding carboxylic acids is 2. The molecule has 0 bridgehead atoms. The van der Waals surface area contributed by atoms with Gasteiger partial charge < -0.3 is 35.3 Å². The standard InChI is InChI=1S/C32H43N3O8S/c1-8-17(2)28(31(38)35-24(32(39)40)13-14-44-7)34-23-12-10-20-21(16-25(23)37)22(33-18(3)36)11-9-19-15-26(41-4)29(42-5)30(43-6)27(19)20/h10,12,15-17,22,24,28H,8-9,11,13-14H2,1-7H3,(H,33,36)(H,34,37)(H,35,38)(H,39,40). The van der Waals surface area contributed by atoms with Gasteiger partial charge in [-0.15, -0.1) is 0 Å². The maximum atomic E-state index is 13.8. The highest BCUT2D eigenvalue weighted by Crippen LogP contribution is 2.50. The molecule has 4 unspecified atom stereocenters. The summed E-state index contributed by atoms with van der Waals surface area (Å²) in [5, 5.41) is 18.4. The van der Waals surface area contributed by atoms with Crippen LogP contribution < -0.4 is 35.6 Å². The Morgan fingerprint density at radius 3 is 2.36 bits per heavy atom. The molecular formula is C32H43N3O8S. The molecule has 0 aliphatic heterocycles. The number of aryl methyl sites for hydroxylation is 1. The second-order valence-electron chi connectivity index (χ2n) is 10.8. The molecule has 2 amide bonds. The number of ether oxygens (including phenoxy) is 3. The summed E-state index contributed by atoms with van der Waals surface area (Å²) in [6, 6.07) is 4.34. The Balaban J connectivity index is 2.19. The summed E-state index contributed by atoms with van der Waals surface area (Å²) < 4.78 is 17.1. The summed E-state index contributed by atoms with van der Waals surface area (Å²) >= 11 is 1.49. The number of carboxylic acid groups (broad SMARTS) is 1. The van der Waals surface area contributed by atoms with Crippen molar-refractivity contribution < 1.29 is 33.7 Å². The second-order valence-corrected chi connectivity index (χ2v) is 11.8. The van der Waals surface area contributed by atoms with Gasteiger partial charge in [-0.25, -0.2) is 4.79 Å². The van der Waals surface area contributed by atoms with Gasteiger partial charge in [-0.1, -0.05) is 26.3 Å². The molecule has 4 atom stereocenters. The van der Waals surface area contributed by atoms with Gasteiger partial charge in [0, 0.05) is 12.5 Å². The smallest absolute Gasteiger partial charge is 0.326 e. The molecule has 4 N–H and O–H groups in total. The zero-order valence-corrected chi connectivity index (χ0v) is 27.2. The van der Waals surface area contributed by atoms with E-state index in [1.807, 2.05) is 26.2 Å². The van der Waals surface area contributed by atoms with Crippen molar-refractivity contribution in [1.29, 1.82) is 0 Å². The number of carboxylic acids is 1. The summed E-state index contributed by atoms with van der Waals surface area (Å²) in [6.07, 6.45) is 3.82. The number of amides is 2. The highest BCUT2D eigenvalue weighted by Gasteiger charge is 2.31. The van der Waals surface area contributed by atoms with Crippen molar-refractivity contribution in [2.24, 2.45) is 5.92 Å². The lowest BCUT2D eigenvalue weighted by Gasteiger charge is -2.26. The molecule has 2 aromatic rings. The Labute approximate surface area is 262 Å². The summed E-state index contributed by atoms with van der Waals surface area (Å²) in [4.78, 5) is 51.3. The minimum atomic E-state index is -1.11. The van der Waals surface area contributed by atoms with Crippen molar-refractivity contribution in [2.45, 2.75) is 64.6 Å². The number of benzene rings is 1. The fraction of sp³-hybridized carbons (Fsp3) is 0.500. The van der Waals surface area contributed by atoms with Gasteiger partial charge in [0.05, 0.1) is 33.1 Å². The van der Waals surface area contributed by atoms with Crippen LogP contribution in [0.3, 0.4) is 0 Å². The predicted molar refractivity (Wildman–Crippen MR) is 172 cm³/mol. The van der Waals surface area contributed by atoms with Crippen LogP contribution in [-0.2, 0) is 20.8 Å². The van der Waals surface area contributed by atoms with E-state index in [1.165, 1.54) is 39.0 Å². The van der Waals surface area contributed by atoms with E-state index >= 15 is 0 Å². The molecule has 2 aromatic carbocycles. The van der Waals surface area contributed by atoms with E-state index in [9.17, 15) is 24.3 Å². The van der Waals surface area contributed by atoms with Crippen LogP contribution in [0.5, 0.6) is 17.2 Å². The van der Waals surface area contributed by atoms with E-state index in [4.69, 9.17) is 14.2 Å². The zero-order valence-electron chi connectivity index (χ0n) is 26.4. The van der Waals surface area contributed by atoms with Gasteiger partial charge in [0.25, 0.3) is 0 Å². The monoisotopic (exact) mass is 629 g/mol. The number of carbonyl (C=O) groups is 3. The lowest BCUT2D eigenvalue weighted by atomic mass is 9.95. The highest BCUT2D eigenvalue weighted by molar-refractivity contribution is 7.98. The molecule has 0 radical (unpaired) electrons. The average Bonchev–Trinajstić information content (AvgIpc) is 3.24. The van der Waals surface area contributed by atoms with Crippen molar-refractivity contribution >= 4 is 35.2 Å². The summed E-state index contributed by atoms with van der Waals surface area (Å²) in [6.45, 7) is 5.21. The normalized spacial score (nSPS) is 15.8. The number of anilines is 1. The predicted octanol–water partition coefficient (Wildman–Crippen LogP) is 4.01. The third-order valence-corrected chi connectivity index (χ3v) is 8.59. The van der Waals surface area contributed by atoms with Gasteiger partial charge in [-0.05, 0) is 72.1 Å². The molecule has 0 heterocycles. The summed E-state index contributed by atoms with van der Waals surface area (Å²) in [7, 11) is 4.59. The summed E-state index contributed by atoms with van der Waals surface area (Å²) in [5.74, 6) is -0.185. The molecule has 11 nitrogen and oxygen atoms in total. The molecule has 1 aliphatic rings. The lowest BCUT2D eigenvalue weighted by molar-refractivity contribution is -0.142. The first-order chi connectivity index (χ1) is 21.0. The third kappa shape index (κ3) is 7.77. The highest BCUT2D eigenvalue weighted by atomic mass is 32.2. The maximum Gasteiger partial charge on any atom is 0.326 e. The molecule has 0 aromatic heterocycles.